The number of amides is 2. The summed E-state index contributed by atoms with van der Waals surface area (Å²) >= 11 is 3.47. The number of urea groups is 1. The standard InChI is InChI=1S/C31H35BrN6O2/c32-27-14-8-22(9-15-27)18-19-33-31(40)38(28-16-12-25(13-17-28)24-4-2-1-3-5-24)21-23-6-10-26(11-7-23)29(39)20-30-34-36-37-35-30/h6-17,24,29,39H,1-5,18-21H2,(H,33,40)(H,34,35,36,37)/t29-/m1/s1. The molecular formula is C31H35BrN6O2. The number of rotatable bonds is 10. The minimum atomic E-state index is -0.739. The number of H-pyrrole nitrogens is 1. The summed E-state index contributed by atoms with van der Waals surface area (Å²) in [6.07, 6.45) is 6.68. The zero-order chi connectivity index (χ0) is 27.7. The average molecular weight is 604 g/mol. The van der Waals surface area contributed by atoms with Crippen LogP contribution in [0, 0.1) is 0 Å². The van der Waals surface area contributed by atoms with E-state index < -0.39 is 6.10 Å². The number of halogens is 1. The molecule has 9 heteroatoms. The van der Waals surface area contributed by atoms with Crippen LogP contribution < -0.4 is 10.2 Å². The molecular weight excluding hydrogens is 568 g/mol. The van der Waals surface area contributed by atoms with Gasteiger partial charge in [0.25, 0.3) is 0 Å². The number of carbonyl (C=O) groups excluding carboxylic acids is 1. The lowest BCUT2D eigenvalue weighted by molar-refractivity contribution is 0.176. The van der Waals surface area contributed by atoms with Crippen LogP contribution in [0.15, 0.2) is 77.3 Å². The van der Waals surface area contributed by atoms with Crippen molar-refractivity contribution in [3.8, 4) is 0 Å². The Labute approximate surface area is 243 Å². The van der Waals surface area contributed by atoms with Crippen LogP contribution in [0.3, 0.4) is 0 Å². The Bertz CT molecular complexity index is 1340. The van der Waals surface area contributed by atoms with Crippen LogP contribution >= 0.6 is 15.9 Å². The number of aromatic nitrogens is 4. The first-order valence-corrected chi connectivity index (χ1v) is 14.7. The first-order chi connectivity index (χ1) is 19.5. The molecule has 4 aromatic rings. The Morgan fingerprint density at radius 3 is 2.35 bits per heavy atom. The number of aliphatic hydroxyl groups is 1. The van der Waals surface area contributed by atoms with Crippen LogP contribution in [0.4, 0.5) is 10.5 Å². The van der Waals surface area contributed by atoms with Crippen LogP contribution in [0.25, 0.3) is 0 Å². The van der Waals surface area contributed by atoms with Gasteiger partial charge in [-0.2, -0.15) is 5.21 Å². The van der Waals surface area contributed by atoms with Crippen molar-refractivity contribution in [1.82, 2.24) is 25.9 Å². The molecule has 0 spiro atoms. The first-order valence-electron chi connectivity index (χ1n) is 13.9. The molecule has 40 heavy (non-hydrogen) atoms. The van der Waals surface area contributed by atoms with E-state index in [4.69, 9.17) is 0 Å². The molecule has 1 aliphatic carbocycles. The van der Waals surface area contributed by atoms with E-state index in [1.165, 1.54) is 43.2 Å². The molecule has 0 aliphatic heterocycles. The highest BCUT2D eigenvalue weighted by molar-refractivity contribution is 9.10. The zero-order valence-corrected chi connectivity index (χ0v) is 24.1. The topological polar surface area (TPSA) is 107 Å². The van der Waals surface area contributed by atoms with Crippen molar-refractivity contribution in [3.63, 3.8) is 0 Å². The van der Waals surface area contributed by atoms with Gasteiger partial charge in [-0.1, -0.05) is 88.9 Å². The van der Waals surface area contributed by atoms with Gasteiger partial charge in [0.2, 0.25) is 0 Å². The van der Waals surface area contributed by atoms with Crippen molar-refractivity contribution in [2.24, 2.45) is 0 Å². The van der Waals surface area contributed by atoms with Crippen LogP contribution in [-0.4, -0.2) is 38.3 Å². The number of anilines is 1. The molecule has 5 rings (SSSR count). The SMILES string of the molecule is O=C(NCCc1ccc(Br)cc1)N(Cc1ccc([C@H](O)Cc2nn[nH]n2)cc1)c1ccc(C2CCCCC2)cc1. The van der Waals surface area contributed by atoms with Crippen molar-refractivity contribution in [2.75, 3.05) is 11.4 Å². The Morgan fingerprint density at radius 1 is 0.975 bits per heavy atom. The van der Waals surface area contributed by atoms with Gasteiger partial charge in [0.05, 0.1) is 12.6 Å². The number of hydrogen-bond donors (Lipinski definition) is 3. The number of nitrogens with one attached hydrogen (secondary N) is 2. The fourth-order valence-electron chi connectivity index (χ4n) is 5.29. The highest BCUT2D eigenvalue weighted by atomic mass is 79.9. The number of benzene rings is 3. The second kappa shape index (κ2) is 13.7. The Kier molecular flexibility index (Phi) is 9.57. The molecule has 0 radical (unpaired) electrons. The Hall–Kier alpha value is -3.56. The normalized spacial score (nSPS) is 14.6. The molecule has 3 aromatic carbocycles. The maximum Gasteiger partial charge on any atom is 0.322 e. The van der Waals surface area contributed by atoms with Gasteiger partial charge < -0.3 is 10.4 Å². The van der Waals surface area contributed by atoms with E-state index >= 15 is 0 Å². The third-order valence-electron chi connectivity index (χ3n) is 7.60. The second-order valence-electron chi connectivity index (χ2n) is 10.4. The predicted molar refractivity (Wildman–Crippen MR) is 159 cm³/mol. The molecule has 1 aromatic heterocycles. The van der Waals surface area contributed by atoms with Gasteiger partial charge in [-0.15, -0.1) is 10.2 Å². The van der Waals surface area contributed by atoms with E-state index in [9.17, 15) is 9.90 Å². The van der Waals surface area contributed by atoms with E-state index in [1.54, 1.807) is 4.90 Å². The van der Waals surface area contributed by atoms with Gasteiger partial charge in [0.15, 0.2) is 5.82 Å². The third-order valence-corrected chi connectivity index (χ3v) is 8.13. The van der Waals surface area contributed by atoms with Crippen molar-refractivity contribution >= 4 is 27.6 Å². The van der Waals surface area contributed by atoms with Gasteiger partial charge in [0.1, 0.15) is 0 Å². The second-order valence-corrected chi connectivity index (χ2v) is 11.3. The largest absolute Gasteiger partial charge is 0.388 e. The van der Waals surface area contributed by atoms with E-state index in [-0.39, 0.29) is 12.5 Å². The molecule has 1 saturated carbocycles. The predicted octanol–water partition coefficient (Wildman–Crippen LogP) is 6.24. The minimum absolute atomic E-state index is 0.135. The number of hydrogen-bond acceptors (Lipinski definition) is 5. The number of tetrazole rings is 1. The van der Waals surface area contributed by atoms with Gasteiger partial charge in [-0.05, 0) is 71.7 Å². The molecule has 0 saturated heterocycles. The van der Waals surface area contributed by atoms with Gasteiger partial charge >= 0.3 is 6.03 Å². The summed E-state index contributed by atoms with van der Waals surface area (Å²) in [5, 5.41) is 27.5. The summed E-state index contributed by atoms with van der Waals surface area (Å²) in [7, 11) is 0. The van der Waals surface area contributed by atoms with E-state index in [0.29, 0.717) is 24.8 Å². The lowest BCUT2D eigenvalue weighted by atomic mass is 9.84. The molecule has 1 aliphatic rings. The van der Waals surface area contributed by atoms with Crippen LogP contribution in [-0.2, 0) is 19.4 Å². The minimum Gasteiger partial charge on any atom is -0.388 e. The van der Waals surface area contributed by atoms with Crippen molar-refractivity contribution in [1.29, 1.82) is 0 Å². The zero-order valence-electron chi connectivity index (χ0n) is 22.5. The monoisotopic (exact) mass is 602 g/mol. The molecule has 8 nitrogen and oxygen atoms in total. The van der Waals surface area contributed by atoms with Crippen LogP contribution in [0.5, 0.6) is 0 Å². The quantitative estimate of drug-likeness (QED) is 0.199. The maximum absolute atomic E-state index is 13.5. The van der Waals surface area contributed by atoms with E-state index in [0.717, 1.165) is 27.7 Å². The number of nitrogens with zero attached hydrogens (tertiary/aromatic N) is 4. The molecule has 0 bridgehead atoms. The lowest BCUT2D eigenvalue weighted by Gasteiger charge is -2.26. The summed E-state index contributed by atoms with van der Waals surface area (Å²) in [6, 6.07) is 24.2. The Morgan fingerprint density at radius 2 is 1.68 bits per heavy atom. The van der Waals surface area contributed by atoms with Gasteiger partial charge in [0, 0.05) is 23.1 Å². The fraction of sp³-hybridized carbons (Fsp3) is 0.355. The van der Waals surface area contributed by atoms with Gasteiger partial charge in [-0.3, -0.25) is 4.90 Å². The smallest absolute Gasteiger partial charge is 0.322 e. The summed E-state index contributed by atoms with van der Waals surface area (Å²) in [6.45, 7) is 0.951. The molecule has 0 unspecified atom stereocenters. The van der Waals surface area contributed by atoms with E-state index in [2.05, 4.69) is 78.3 Å². The van der Waals surface area contributed by atoms with E-state index in [1.807, 2.05) is 36.4 Å². The molecule has 208 valence electrons. The molecule has 2 amide bonds. The van der Waals surface area contributed by atoms with Crippen molar-refractivity contribution in [3.05, 3.63) is 105 Å². The highest BCUT2D eigenvalue weighted by Crippen LogP contribution is 2.33. The molecule has 3 N–H and O–H groups in total. The molecule has 1 heterocycles. The molecule has 1 fully saturated rings. The van der Waals surface area contributed by atoms with Crippen LogP contribution in [0.1, 0.15) is 72.2 Å². The fourth-order valence-corrected chi connectivity index (χ4v) is 5.55. The lowest BCUT2D eigenvalue weighted by Crippen LogP contribution is -2.40. The summed E-state index contributed by atoms with van der Waals surface area (Å²) < 4.78 is 1.04. The molecule has 1 atom stereocenters. The Balaban J connectivity index is 1.28. The average Bonchev–Trinajstić information content (AvgIpc) is 3.51. The van der Waals surface area contributed by atoms with Crippen molar-refractivity contribution in [2.45, 2.75) is 63.5 Å². The highest BCUT2D eigenvalue weighted by Gasteiger charge is 2.19. The summed E-state index contributed by atoms with van der Waals surface area (Å²) in [4.78, 5) is 15.3. The maximum atomic E-state index is 13.5. The summed E-state index contributed by atoms with van der Waals surface area (Å²) in [5.74, 6) is 1.07. The number of aromatic amines is 1. The third kappa shape index (κ3) is 7.55. The van der Waals surface area contributed by atoms with Crippen LogP contribution in [0.2, 0.25) is 0 Å². The summed E-state index contributed by atoms with van der Waals surface area (Å²) in [5.41, 5.74) is 5.12. The number of aliphatic hydroxyl groups excluding tert-OH is 1. The van der Waals surface area contributed by atoms with Crippen molar-refractivity contribution < 1.29 is 9.90 Å². The van der Waals surface area contributed by atoms with Gasteiger partial charge in [-0.25, -0.2) is 4.79 Å². The number of carbonyl (C=O) groups is 1. The first kappa shape index (κ1) is 28.0.